The molecule has 0 saturated heterocycles. The van der Waals surface area contributed by atoms with Gasteiger partial charge in [0.2, 0.25) is 0 Å². The molecule has 0 radical (unpaired) electrons. The van der Waals surface area contributed by atoms with Gasteiger partial charge in [0.1, 0.15) is 5.69 Å². The van der Waals surface area contributed by atoms with E-state index in [1.807, 2.05) is 6.92 Å². The van der Waals surface area contributed by atoms with Gasteiger partial charge in [0.25, 0.3) is 0 Å². The van der Waals surface area contributed by atoms with E-state index >= 15 is 0 Å². The molecule has 0 aliphatic rings. The van der Waals surface area contributed by atoms with Crippen molar-refractivity contribution in [3.05, 3.63) is 41.2 Å². The zero-order valence-electron chi connectivity index (χ0n) is 18.0. The number of carbonyl (C=O) groups is 1. The molecule has 1 unspecified atom stereocenters. The zero-order chi connectivity index (χ0) is 23.1. The predicted molar refractivity (Wildman–Crippen MR) is 120 cm³/mol. The number of unbranched alkanes of at least 4 members (excludes halogenated alkanes) is 1. The lowest BCUT2D eigenvalue weighted by molar-refractivity contribution is 0.0319. The summed E-state index contributed by atoms with van der Waals surface area (Å²) in [6.07, 6.45) is 2.38. The Morgan fingerprint density at radius 2 is 2.03 bits per heavy atom. The maximum absolute atomic E-state index is 13.3. The molecule has 0 aliphatic carbocycles. The fourth-order valence-corrected chi connectivity index (χ4v) is 4.33. The number of pyridine rings is 1. The summed E-state index contributed by atoms with van der Waals surface area (Å²) in [5.74, 6) is 0.885. The Labute approximate surface area is 193 Å². The maximum Gasteiger partial charge on any atom is 0.510 e. The Morgan fingerprint density at radius 3 is 2.75 bits per heavy atom. The van der Waals surface area contributed by atoms with Crippen LogP contribution < -0.4 is 9.47 Å². The summed E-state index contributed by atoms with van der Waals surface area (Å²) in [5.41, 5.74) is 1.58. The molecule has 0 aliphatic heterocycles. The van der Waals surface area contributed by atoms with Crippen LogP contribution >= 0.6 is 11.6 Å². The van der Waals surface area contributed by atoms with Crippen LogP contribution in [0, 0.1) is 0 Å². The summed E-state index contributed by atoms with van der Waals surface area (Å²) in [7, 11) is 3.00. The van der Waals surface area contributed by atoms with Crippen LogP contribution in [0.1, 0.15) is 25.5 Å². The van der Waals surface area contributed by atoms with Gasteiger partial charge in [-0.25, -0.2) is 9.36 Å². The third-order valence-corrected chi connectivity index (χ3v) is 6.03. The highest BCUT2D eigenvalue weighted by Crippen LogP contribution is 2.32. The minimum absolute atomic E-state index is 0.0123. The van der Waals surface area contributed by atoms with Crippen LogP contribution in [0.15, 0.2) is 35.6 Å². The van der Waals surface area contributed by atoms with E-state index in [1.165, 1.54) is 14.2 Å². The van der Waals surface area contributed by atoms with Crippen molar-refractivity contribution in [1.82, 2.24) is 14.5 Å². The molecule has 3 aromatic rings. The molecular formula is C21H24ClN3O6S. The summed E-state index contributed by atoms with van der Waals surface area (Å²) in [4.78, 5) is 20.7. The second kappa shape index (κ2) is 11.3. The molecule has 0 saturated carbocycles. The lowest BCUT2D eigenvalue weighted by atomic mass is 10.3. The quantitative estimate of drug-likeness (QED) is 0.239. The molecule has 1 atom stereocenters. The van der Waals surface area contributed by atoms with Gasteiger partial charge in [0.05, 0.1) is 31.9 Å². The molecule has 32 heavy (non-hydrogen) atoms. The van der Waals surface area contributed by atoms with Crippen molar-refractivity contribution in [2.45, 2.75) is 37.4 Å². The molecule has 0 bridgehead atoms. The van der Waals surface area contributed by atoms with E-state index in [0.29, 0.717) is 33.2 Å². The number of halogens is 1. The van der Waals surface area contributed by atoms with Gasteiger partial charge in [0.15, 0.2) is 24.0 Å². The Morgan fingerprint density at radius 1 is 1.22 bits per heavy atom. The van der Waals surface area contributed by atoms with Crippen molar-refractivity contribution in [2.24, 2.45) is 0 Å². The topological polar surface area (TPSA) is 108 Å². The summed E-state index contributed by atoms with van der Waals surface area (Å²) >= 11 is 4.44. The van der Waals surface area contributed by atoms with Crippen molar-refractivity contribution in [1.29, 1.82) is 0 Å². The van der Waals surface area contributed by atoms with Crippen molar-refractivity contribution in [2.75, 3.05) is 20.8 Å². The first-order valence-electron chi connectivity index (χ1n) is 9.88. The monoisotopic (exact) mass is 481 g/mol. The molecule has 9 nitrogen and oxygen atoms in total. The van der Waals surface area contributed by atoms with E-state index in [1.54, 1.807) is 35.0 Å². The highest BCUT2D eigenvalue weighted by atomic mass is 35.5. The van der Waals surface area contributed by atoms with Crippen LogP contribution in [0.3, 0.4) is 0 Å². The molecule has 0 N–H and O–H groups in total. The molecule has 11 heteroatoms. The highest BCUT2D eigenvalue weighted by Gasteiger charge is 2.26. The molecule has 0 fully saturated rings. The minimum atomic E-state index is -1.65. The van der Waals surface area contributed by atoms with Gasteiger partial charge in [0, 0.05) is 28.5 Å². The minimum Gasteiger partial charge on any atom is -0.609 e. The van der Waals surface area contributed by atoms with E-state index in [9.17, 15) is 9.35 Å². The van der Waals surface area contributed by atoms with Crippen LogP contribution in [0.5, 0.6) is 11.5 Å². The normalized spacial score (nSPS) is 11.9. The third kappa shape index (κ3) is 5.56. The summed E-state index contributed by atoms with van der Waals surface area (Å²) < 4.78 is 35.8. The number of nitrogens with zero attached hydrogens (tertiary/aromatic N) is 3. The van der Waals surface area contributed by atoms with Crippen LogP contribution in [-0.2, 0) is 33.1 Å². The first-order valence-corrected chi connectivity index (χ1v) is 11.6. The zero-order valence-corrected chi connectivity index (χ0v) is 19.6. The number of hydrogen-bond acceptors (Lipinski definition) is 8. The molecule has 0 amide bonds. The molecule has 0 spiro atoms. The van der Waals surface area contributed by atoms with Crippen LogP contribution in [0.25, 0.3) is 11.0 Å². The van der Waals surface area contributed by atoms with Gasteiger partial charge in [-0.05, 0) is 24.6 Å². The fraction of sp³-hybridized carbons (Fsp3) is 0.381. The SMILES string of the molecule is CCCCOC(=O)OCn1c([S+]([O-])Cc2nccc(OC)c2OC)nc2cc(Cl)ccc21. The molecule has 3 rings (SSSR count). The second-order valence-corrected chi connectivity index (χ2v) is 8.45. The van der Waals surface area contributed by atoms with Crippen LogP contribution in [-0.4, -0.2) is 46.1 Å². The van der Waals surface area contributed by atoms with Crippen molar-refractivity contribution < 1.29 is 28.3 Å². The van der Waals surface area contributed by atoms with Gasteiger partial charge in [-0.3, -0.25) is 4.98 Å². The van der Waals surface area contributed by atoms with Gasteiger partial charge in [-0.1, -0.05) is 24.9 Å². The third-order valence-electron chi connectivity index (χ3n) is 4.54. The number of hydrogen-bond donors (Lipinski definition) is 0. The van der Waals surface area contributed by atoms with Crippen LogP contribution in [0.2, 0.25) is 5.02 Å². The van der Waals surface area contributed by atoms with Gasteiger partial charge in [-0.15, -0.1) is 0 Å². The standard InChI is InChI=1S/C21H24ClN3O6S/c1-4-5-10-30-21(26)31-13-25-17-7-6-14(22)11-15(17)24-20(25)32(27)12-16-19(29-3)18(28-2)8-9-23-16/h6-9,11H,4-5,10,12-13H2,1-3H3. The van der Waals surface area contributed by atoms with Crippen molar-refractivity contribution >= 4 is 40.0 Å². The number of carbonyl (C=O) groups excluding carboxylic acids is 1. The first-order chi connectivity index (χ1) is 15.5. The first kappa shape index (κ1) is 24.0. The second-order valence-electron chi connectivity index (χ2n) is 6.66. The van der Waals surface area contributed by atoms with Gasteiger partial charge >= 0.3 is 11.3 Å². The van der Waals surface area contributed by atoms with Crippen molar-refractivity contribution in [3.63, 3.8) is 0 Å². The number of imidazole rings is 1. The Balaban J connectivity index is 1.88. The number of rotatable bonds is 10. The van der Waals surface area contributed by atoms with E-state index in [0.717, 1.165) is 12.8 Å². The van der Waals surface area contributed by atoms with Crippen molar-refractivity contribution in [3.8, 4) is 11.5 Å². The predicted octanol–water partition coefficient (Wildman–Crippen LogP) is 4.32. The number of aromatic nitrogens is 3. The lowest BCUT2D eigenvalue weighted by Crippen LogP contribution is -2.18. The molecule has 1 aromatic carbocycles. The van der Waals surface area contributed by atoms with Gasteiger partial charge in [-0.2, -0.15) is 4.98 Å². The largest absolute Gasteiger partial charge is 0.609 e. The fourth-order valence-electron chi connectivity index (χ4n) is 2.98. The summed E-state index contributed by atoms with van der Waals surface area (Å²) in [6, 6.07) is 6.71. The Hall–Kier alpha value is -2.69. The lowest BCUT2D eigenvalue weighted by Gasteiger charge is -2.15. The van der Waals surface area contributed by atoms with E-state index < -0.39 is 17.3 Å². The number of methoxy groups -OCH3 is 2. The molecule has 2 aromatic heterocycles. The Bertz CT molecular complexity index is 1080. The average Bonchev–Trinajstić information content (AvgIpc) is 3.15. The molecule has 172 valence electrons. The van der Waals surface area contributed by atoms with E-state index in [2.05, 4.69) is 9.97 Å². The Kier molecular flexibility index (Phi) is 8.43. The number of fused-ring (bicyclic) bond motifs is 1. The summed E-state index contributed by atoms with van der Waals surface area (Å²) in [6.45, 7) is 2.05. The number of ether oxygens (including phenoxy) is 4. The van der Waals surface area contributed by atoms with Crippen LogP contribution in [0.4, 0.5) is 4.79 Å². The molecule has 2 heterocycles. The van der Waals surface area contributed by atoms with Gasteiger partial charge < -0.3 is 23.5 Å². The summed E-state index contributed by atoms with van der Waals surface area (Å²) in [5, 5.41) is 0.686. The van der Waals surface area contributed by atoms with E-state index in [4.69, 9.17) is 30.5 Å². The molecular weight excluding hydrogens is 458 g/mol. The maximum atomic E-state index is 13.3. The smallest absolute Gasteiger partial charge is 0.510 e. The number of benzene rings is 1. The average molecular weight is 482 g/mol. The van der Waals surface area contributed by atoms with E-state index in [-0.39, 0.29) is 24.2 Å². The highest BCUT2D eigenvalue weighted by molar-refractivity contribution is 7.90.